The second-order valence-corrected chi connectivity index (χ2v) is 7.51. The molecule has 1 fully saturated rings. The van der Waals surface area contributed by atoms with Gasteiger partial charge in [0.25, 0.3) is 0 Å². The Hall–Kier alpha value is -1.53. The highest BCUT2D eigenvalue weighted by Crippen LogP contribution is 2.29. The van der Waals surface area contributed by atoms with Gasteiger partial charge in [0, 0.05) is 10.1 Å². The highest BCUT2D eigenvalue weighted by molar-refractivity contribution is 14.1. The third kappa shape index (κ3) is 3.37. The van der Waals surface area contributed by atoms with E-state index >= 15 is 0 Å². The number of nitrogens with one attached hydrogen (secondary N) is 1. The SMILES string of the molecule is OC1CO[C@@H](n2cnc3c(NCc4cccc(I)c4)nc(Cl)nc32)C1O. The van der Waals surface area contributed by atoms with E-state index in [-0.39, 0.29) is 11.9 Å². The topological polar surface area (TPSA) is 105 Å². The zero-order valence-corrected chi connectivity index (χ0v) is 16.3. The predicted molar refractivity (Wildman–Crippen MR) is 104 cm³/mol. The number of fused-ring (bicyclic) bond motifs is 1. The van der Waals surface area contributed by atoms with E-state index < -0.39 is 18.4 Å². The van der Waals surface area contributed by atoms with Crippen LogP contribution in [0.5, 0.6) is 0 Å². The number of hydrogen-bond acceptors (Lipinski definition) is 7. The van der Waals surface area contributed by atoms with Crippen LogP contribution in [-0.4, -0.2) is 48.5 Å². The molecule has 1 saturated heterocycles. The van der Waals surface area contributed by atoms with Crippen LogP contribution >= 0.6 is 34.2 Å². The first kappa shape index (κ1) is 17.9. The van der Waals surface area contributed by atoms with Crippen LogP contribution in [0.15, 0.2) is 30.6 Å². The molecule has 1 aliphatic heterocycles. The molecule has 136 valence electrons. The molecule has 2 aromatic heterocycles. The summed E-state index contributed by atoms with van der Waals surface area (Å²) in [5.74, 6) is 0.491. The Morgan fingerprint density at radius 2 is 2.19 bits per heavy atom. The Morgan fingerprint density at radius 1 is 1.35 bits per heavy atom. The van der Waals surface area contributed by atoms with Gasteiger partial charge in [0.1, 0.15) is 12.2 Å². The van der Waals surface area contributed by atoms with Gasteiger partial charge in [-0.1, -0.05) is 12.1 Å². The number of aliphatic hydroxyl groups is 2. The molecule has 10 heteroatoms. The largest absolute Gasteiger partial charge is 0.388 e. The summed E-state index contributed by atoms with van der Waals surface area (Å²) in [4.78, 5) is 12.8. The number of nitrogens with zero attached hydrogens (tertiary/aromatic N) is 4. The second kappa shape index (κ2) is 7.24. The van der Waals surface area contributed by atoms with Crippen molar-refractivity contribution in [3.63, 3.8) is 0 Å². The summed E-state index contributed by atoms with van der Waals surface area (Å²) in [6.45, 7) is 0.593. The molecule has 8 nitrogen and oxygen atoms in total. The summed E-state index contributed by atoms with van der Waals surface area (Å²) in [6.07, 6.45) is -1.29. The van der Waals surface area contributed by atoms with Gasteiger partial charge in [-0.25, -0.2) is 4.98 Å². The molecular weight excluding hydrogens is 473 g/mol. The molecule has 1 aliphatic rings. The summed E-state index contributed by atoms with van der Waals surface area (Å²) >= 11 is 8.33. The number of imidazole rings is 1. The van der Waals surface area contributed by atoms with Crippen molar-refractivity contribution < 1.29 is 14.9 Å². The standard InChI is InChI=1S/C16H15ClIN5O3/c17-16-21-13(19-5-8-2-1-3-9(18)4-8)11-14(22-16)23(7-20-11)15-12(25)10(24)6-26-15/h1-4,7,10,12,15,24-25H,5-6H2,(H,19,21,22)/t10?,12?,15-/m1/s1. The molecule has 0 radical (unpaired) electrons. The third-order valence-electron chi connectivity index (χ3n) is 4.14. The quantitative estimate of drug-likeness (QED) is 0.382. The number of hydrogen-bond donors (Lipinski definition) is 3. The maximum atomic E-state index is 10.1. The van der Waals surface area contributed by atoms with E-state index in [1.165, 1.54) is 6.33 Å². The number of anilines is 1. The molecule has 0 aliphatic carbocycles. The van der Waals surface area contributed by atoms with E-state index in [1.807, 2.05) is 18.2 Å². The van der Waals surface area contributed by atoms with Gasteiger partial charge in [-0.05, 0) is 51.9 Å². The number of ether oxygens (including phenoxy) is 1. The zero-order valence-electron chi connectivity index (χ0n) is 13.4. The average Bonchev–Trinajstić information content (AvgIpc) is 3.17. The molecule has 3 heterocycles. The predicted octanol–water partition coefficient (Wildman–Crippen LogP) is 1.95. The van der Waals surface area contributed by atoms with Crippen LogP contribution in [0.3, 0.4) is 0 Å². The summed E-state index contributed by atoms with van der Waals surface area (Å²) in [5.41, 5.74) is 2.03. The summed E-state index contributed by atoms with van der Waals surface area (Å²) in [6, 6.07) is 8.08. The molecule has 0 saturated carbocycles. The molecule has 1 aromatic carbocycles. The molecule has 0 bridgehead atoms. The van der Waals surface area contributed by atoms with Gasteiger partial charge in [-0.2, -0.15) is 9.97 Å². The fourth-order valence-electron chi connectivity index (χ4n) is 2.86. The molecule has 3 aromatic rings. The number of halogens is 2. The molecular formula is C16H15ClIN5O3. The molecule has 2 unspecified atom stereocenters. The average molecular weight is 488 g/mol. The van der Waals surface area contributed by atoms with Gasteiger partial charge in [0.05, 0.1) is 12.9 Å². The second-order valence-electron chi connectivity index (χ2n) is 5.93. The first-order valence-electron chi connectivity index (χ1n) is 7.89. The van der Waals surface area contributed by atoms with Crippen molar-refractivity contribution in [2.75, 3.05) is 11.9 Å². The smallest absolute Gasteiger partial charge is 0.226 e. The van der Waals surface area contributed by atoms with Crippen molar-refractivity contribution in [2.45, 2.75) is 25.0 Å². The van der Waals surface area contributed by atoms with Crippen molar-refractivity contribution in [3.8, 4) is 0 Å². The van der Waals surface area contributed by atoms with Crippen molar-refractivity contribution in [1.29, 1.82) is 0 Å². The Kier molecular flexibility index (Phi) is 4.97. The maximum Gasteiger partial charge on any atom is 0.226 e. The normalized spacial score (nSPS) is 22.8. The van der Waals surface area contributed by atoms with E-state index in [0.717, 1.165) is 9.13 Å². The van der Waals surface area contributed by atoms with Crippen molar-refractivity contribution in [3.05, 3.63) is 45.0 Å². The van der Waals surface area contributed by atoms with Crippen LogP contribution < -0.4 is 5.32 Å². The molecule has 3 atom stereocenters. The van der Waals surface area contributed by atoms with Crippen LogP contribution in [0.1, 0.15) is 11.8 Å². The first-order chi connectivity index (χ1) is 12.5. The third-order valence-corrected chi connectivity index (χ3v) is 4.98. The number of aromatic nitrogens is 4. The van der Waals surface area contributed by atoms with Gasteiger partial charge in [0.2, 0.25) is 5.28 Å². The van der Waals surface area contributed by atoms with Gasteiger partial charge < -0.3 is 20.3 Å². The van der Waals surface area contributed by atoms with E-state index in [1.54, 1.807) is 4.57 Å². The highest BCUT2D eigenvalue weighted by atomic mass is 127. The van der Waals surface area contributed by atoms with E-state index in [4.69, 9.17) is 16.3 Å². The minimum absolute atomic E-state index is 0.0437. The summed E-state index contributed by atoms with van der Waals surface area (Å²) < 4.78 is 8.15. The van der Waals surface area contributed by atoms with E-state index in [9.17, 15) is 10.2 Å². The molecule has 3 N–H and O–H groups in total. The molecule has 0 amide bonds. The zero-order chi connectivity index (χ0) is 18.3. The maximum absolute atomic E-state index is 10.1. The molecule has 4 rings (SSSR count). The van der Waals surface area contributed by atoms with E-state index in [2.05, 4.69) is 48.9 Å². The Bertz CT molecular complexity index is 953. The van der Waals surface area contributed by atoms with Crippen molar-refractivity contribution in [1.82, 2.24) is 19.5 Å². The van der Waals surface area contributed by atoms with Gasteiger partial charge in [0.15, 0.2) is 23.2 Å². The monoisotopic (exact) mass is 487 g/mol. The van der Waals surface area contributed by atoms with Crippen molar-refractivity contribution in [2.24, 2.45) is 0 Å². The lowest BCUT2D eigenvalue weighted by Crippen LogP contribution is -2.28. The van der Waals surface area contributed by atoms with Crippen LogP contribution in [-0.2, 0) is 11.3 Å². The first-order valence-corrected chi connectivity index (χ1v) is 9.35. The Balaban J connectivity index is 1.66. The highest BCUT2D eigenvalue weighted by Gasteiger charge is 2.37. The Labute approximate surface area is 167 Å². The van der Waals surface area contributed by atoms with Crippen LogP contribution in [0, 0.1) is 3.57 Å². The fourth-order valence-corrected chi connectivity index (χ4v) is 3.63. The number of benzene rings is 1. The number of rotatable bonds is 4. The van der Waals surface area contributed by atoms with Crippen LogP contribution in [0.2, 0.25) is 5.28 Å². The van der Waals surface area contributed by atoms with Gasteiger partial charge in [-0.3, -0.25) is 4.57 Å². The molecule has 26 heavy (non-hydrogen) atoms. The van der Waals surface area contributed by atoms with Gasteiger partial charge in [-0.15, -0.1) is 0 Å². The number of aliphatic hydroxyl groups excluding tert-OH is 2. The van der Waals surface area contributed by atoms with Crippen molar-refractivity contribution >= 4 is 51.2 Å². The van der Waals surface area contributed by atoms with E-state index in [0.29, 0.717) is 23.5 Å². The summed E-state index contributed by atoms with van der Waals surface area (Å²) in [7, 11) is 0. The van der Waals surface area contributed by atoms with Crippen LogP contribution in [0.25, 0.3) is 11.2 Å². The Morgan fingerprint density at radius 3 is 2.92 bits per heavy atom. The fraction of sp³-hybridized carbons (Fsp3) is 0.312. The minimum Gasteiger partial charge on any atom is -0.388 e. The lowest BCUT2D eigenvalue weighted by Gasteiger charge is -2.16. The summed E-state index contributed by atoms with van der Waals surface area (Å²) in [5, 5.41) is 23.1. The van der Waals surface area contributed by atoms with Crippen LogP contribution in [0.4, 0.5) is 5.82 Å². The molecule has 0 spiro atoms. The lowest BCUT2D eigenvalue weighted by atomic mass is 10.2. The lowest BCUT2D eigenvalue weighted by molar-refractivity contribution is -0.0162. The van der Waals surface area contributed by atoms with Gasteiger partial charge >= 0.3 is 0 Å². The minimum atomic E-state index is -1.07.